The molecule has 7 nitrogen and oxygen atoms in total. The molecule has 0 aromatic heterocycles. The van der Waals surface area contributed by atoms with Gasteiger partial charge < -0.3 is 14.9 Å². The summed E-state index contributed by atoms with van der Waals surface area (Å²) in [6, 6.07) is 2.80. The number of aromatic hydroxyl groups is 2. The van der Waals surface area contributed by atoms with Gasteiger partial charge in [0.1, 0.15) is 0 Å². The van der Waals surface area contributed by atoms with E-state index in [1.165, 1.54) is 49.3 Å². The van der Waals surface area contributed by atoms with Gasteiger partial charge in [-0.25, -0.2) is 0 Å². The Bertz CT molecular complexity index is 1050. The second-order valence-corrected chi connectivity index (χ2v) is 8.01. The number of phenols is 2. The van der Waals surface area contributed by atoms with Crippen molar-refractivity contribution in [2.75, 3.05) is 13.2 Å². The maximum atomic E-state index is 11.9. The largest absolute Gasteiger partial charge is 0.504 e. The van der Waals surface area contributed by atoms with Crippen molar-refractivity contribution < 1.29 is 34.1 Å². The van der Waals surface area contributed by atoms with Crippen LogP contribution < -0.4 is 0 Å². The van der Waals surface area contributed by atoms with Gasteiger partial charge in [0.25, 0.3) is 0 Å². The van der Waals surface area contributed by atoms with E-state index >= 15 is 0 Å². The first-order valence-corrected chi connectivity index (χ1v) is 10.0. The fraction of sp³-hybridized carbons (Fsp3) is 0.250. The summed E-state index contributed by atoms with van der Waals surface area (Å²) < 4.78 is 4.94. The smallest absolute Gasteiger partial charge is 0.226 e. The summed E-state index contributed by atoms with van der Waals surface area (Å²) in [4.78, 5) is 47.7. The van der Waals surface area contributed by atoms with Gasteiger partial charge in [-0.05, 0) is 82.7 Å². The van der Waals surface area contributed by atoms with E-state index in [-0.39, 0.29) is 11.5 Å². The molecular formula is C24H18O7. The number of hydrogen-bond acceptors (Lipinski definition) is 7. The Morgan fingerprint density at radius 1 is 0.613 bits per heavy atom. The minimum Gasteiger partial charge on any atom is -0.504 e. The van der Waals surface area contributed by atoms with E-state index < -0.39 is 35.0 Å². The number of rotatable bonds is 0. The minimum atomic E-state index is -0.648. The maximum absolute atomic E-state index is 11.9. The zero-order valence-electron chi connectivity index (χ0n) is 16.4. The van der Waals surface area contributed by atoms with Gasteiger partial charge in [0, 0.05) is 25.0 Å². The fourth-order valence-corrected chi connectivity index (χ4v) is 4.81. The number of phenolic OH excluding ortho intramolecular Hbond substituents is 2. The van der Waals surface area contributed by atoms with E-state index in [4.69, 9.17) is 4.74 Å². The molecule has 0 spiro atoms. The topological polar surface area (TPSA) is 118 Å². The SMILES string of the molecule is C1CCOC1.O=C1C=C2C(=CC1=O)C1C3=CC(=O)C(=O)C=C3C2c2cc(O)c(O)cc21. The Morgan fingerprint density at radius 2 is 0.935 bits per heavy atom. The molecule has 2 N–H and O–H groups in total. The highest BCUT2D eigenvalue weighted by Gasteiger charge is 2.49. The van der Waals surface area contributed by atoms with Crippen LogP contribution >= 0.6 is 0 Å². The highest BCUT2D eigenvalue weighted by atomic mass is 16.5. The van der Waals surface area contributed by atoms with Crippen LogP contribution in [0.4, 0.5) is 0 Å². The third-order valence-electron chi connectivity index (χ3n) is 6.17. The number of ketones is 4. The zero-order valence-corrected chi connectivity index (χ0v) is 16.4. The van der Waals surface area contributed by atoms with Crippen molar-refractivity contribution in [3.63, 3.8) is 0 Å². The highest BCUT2D eigenvalue weighted by Crippen LogP contribution is 2.62. The third kappa shape index (κ3) is 2.92. The second kappa shape index (κ2) is 6.99. The van der Waals surface area contributed by atoms with Crippen LogP contribution in [0.3, 0.4) is 0 Å². The van der Waals surface area contributed by atoms with Crippen LogP contribution in [0.15, 0.2) is 58.7 Å². The molecule has 0 unspecified atom stereocenters. The van der Waals surface area contributed by atoms with E-state index in [1.54, 1.807) is 0 Å². The number of hydrogen-bond donors (Lipinski definition) is 2. The van der Waals surface area contributed by atoms with Crippen LogP contribution in [0.5, 0.6) is 11.5 Å². The Morgan fingerprint density at radius 3 is 1.19 bits per heavy atom. The van der Waals surface area contributed by atoms with E-state index in [0.717, 1.165) is 13.2 Å². The molecule has 2 fully saturated rings. The number of benzene rings is 1. The molecule has 0 radical (unpaired) electrons. The lowest BCUT2D eigenvalue weighted by Gasteiger charge is -2.47. The van der Waals surface area contributed by atoms with Gasteiger partial charge >= 0.3 is 0 Å². The molecule has 1 aromatic carbocycles. The monoisotopic (exact) mass is 418 g/mol. The van der Waals surface area contributed by atoms with Gasteiger partial charge in [-0.1, -0.05) is 0 Å². The van der Waals surface area contributed by atoms with Gasteiger partial charge in [0.05, 0.1) is 0 Å². The predicted octanol–water partition coefficient (Wildman–Crippen LogP) is 2.10. The molecule has 1 aromatic rings. The molecule has 1 saturated heterocycles. The molecule has 156 valence electrons. The Balaban J connectivity index is 0.000000361. The molecule has 5 aliphatic carbocycles. The van der Waals surface area contributed by atoms with Gasteiger partial charge in [-0.15, -0.1) is 0 Å². The second-order valence-electron chi connectivity index (χ2n) is 8.01. The molecule has 1 saturated carbocycles. The van der Waals surface area contributed by atoms with Crippen molar-refractivity contribution in [1.82, 2.24) is 0 Å². The number of allylic oxidation sites excluding steroid dienone is 8. The van der Waals surface area contributed by atoms with Gasteiger partial charge in [-0.2, -0.15) is 0 Å². The first kappa shape index (κ1) is 19.4. The first-order valence-electron chi connectivity index (χ1n) is 10.0. The zero-order chi connectivity index (χ0) is 21.9. The van der Waals surface area contributed by atoms with Crippen molar-refractivity contribution >= 4 is 23.1 Å². The van der Waals surface area contributed by atoms with Crippen LogP contribution in [0.2, 0.25) is 0 Å². The van der Waals surface area contributed by atoms with Crippen LogP contribution in [0, 0.1) is 0 Å². The lowest BCUT2D eigenvalue weighted by Crippen LogP contribution is -2.36. The Kier molecular flexibility index (Phi) is 4.37. The molecule has 1 aliphatic heterocycles. The summed E-state index contributed by atoms with van der Waals surface area (Å²) in [6.45, 7) is 2.00. The van der Waals surface area contributed by atoms with Crippen molar-refractivity contribution in [3.8, 4) is 11.5 Å². The highest BCUT2D eigenvalue weighted by molar-refractivity contribution is 6.48. The Labute approximate surface area is 177 Å². The van der Waals surface area contributed by atoms with Crippen molar-refractivity contribution in [3.05, 3.63) is 69.9 Å². The average molecular weight is 418 g/mol. The number of ether oxygens (including phenoxy) is 1. The lowest BCUT2D eigenvalue weighted by molar-refractivity contribution is -0.131. The molecule has 2 bridgehead atoms. The van der Waals surface area contributed by atoms with Crippen LogP contribution in [0.1, 0.15) is 35.8 Å². The number of carbonyl (C=O) groups excluding carboxylic acids is 4. The van der Waals surface area contributed by atoms with Crippen molar-refractivity contribution in [1.29, 1.82) is 0 Å². The molecule has 1 heterocycles. The van der Waals surface area contributed by atoms with Gasteiger partial charge in [0.2, 0.25) is 23.1 Å². The van der Waals surface area contributed by atoms with Crippen LogP contribution in [-0.4, -0.2) is 46.6 Å². The average Bonchev–Trinajstić information content (AvgIpc) is 3.31. The molecule has 31 heavy (non-hydrogen) atoms. The summed E-state index contributed by atoms with van der Waals surface area (Å²) in [5.74, 6) is -4.35. The molecule has 7 rings (SSSR count). The van der Waals surface area contributed by atoms with E-state index in [2.05, 4.69) is 0 Å². The summed E-state index contributed by atoms with van der Waals surface area (Å²) in [6.07, 6.45) is 7.61. The predicted molar refractivity (Wildman–Crippen MR) is 108 cm³/mol. The first-order chi connectivity index (χ1) is 14.9. The minimum absolute atomic E-state index is 0.315. The van der Waals surface area contributed by atoms with E-state index in [9.17, 15) is 29.4 Å². The summed E-state index contributed by atoms with van der Waals surface area (Å²) in [5.41, 5.74) is 3.62. The molecule has 0 atom stereocenters. The van der Waals surface area contributed by atoms with Crippen molar-refractivity contribution in [2.45, 2.75) is 24.7 Å². The summed E-state index contributed by atoms with van der Waals surface area (Å²) in [7, 11) is 0. The van der Waals surface area contributed by atoms with E-state index in [1.807, 2.05) is 0 Å². The van der Waals surface area contributed by atoms with Crippen LogP contribution in [0.25, 0.3) is 0 Å². The standard InChI is InChI=1S/C20H10O6.C4H8O/c21-13-1-7-8(2-14(13)22)20-11-5-17(25)15(23)3-9(11)19(7)10-4-16(24)18(26)6-12(10)20;1-2-4-5-3-1/h1-6,19-22H;1-4H2. The number of carbonyl (C=O) groups is 4. The maximum Gasteiger partial charge on any atom is 0.226 e. The summed E-state index contributed by atoms with van der Waals surface area (Å²) in [5, 5.41) is 19.8. The van der Waals surface area contributed by atoms with Gasteiger partial charge in [0.15, 0.2) is 11.5 Å². The normalized spacial score (nSPS) is 25.4. The molecule has 0 amide bonds. The van der Waals surface area contributed by atoms with E-state index in [0.29, 0.717) is 33.4 Å². The third-order valence-corrected chi connectivity index (χ3v) is 6.17. The fourth-order valence-electron chi connectivity index (χ4n) is 4.81. The quantitative estimate of drug-likeness (QED) is 0.376. The summed E-state index contributed by atoms with van der Waals surface area (Å²) >= 11 is 0. The van der Waals surface area contributed by atoms with Crippen molar-refractivity contribution in [2.24, 2.45) is 0 Å². The molecule has 6 aliphatic rings. The Hall–Kier alpha value is -3.58. The van der Waals surface area contributed by atoms with Crippen LogP contribution in [-0.2, 0) is 23.9 Å². The van der Waals surface area contributed by atoms with Gasteiger partial charge in [-0.3, -0.25) is 19.2 Å². The molecular weight excluding hydrogens is 400 g/mol. The lowest BCUT2D eigenvalue weighted by atomic mass is 9.55. The molecule has 7 heteroatoms.